The first-order valence-electron chi connectivity index (χ1n) is 21.1. The lowest BCUT2D eigenvalue weighted by Crippen LogP contribution is -2.55. The predicted molar refractivity (Wildman–Crippen MR) is 232 cm³/mol. The first kappa shape index (κ1) is 43.7. The number of aromatic nitrogens is 6. The number of H-pyrrole nitrogens is 2. The number of nitrogens with one attached hydrogen (secondary N) is 3. The Hall–Kier alpha value is -6.36. The quantitative estimate of drug-likeness (QED) is 0.101. The van der Waals surface area contributed by atoms with E-state index < -0.39 is 36.0 Å². The maximum Gasteiger partial charge on any atom is 0.407 e. The molecule has 5 heterocycles. The van der Waals surface area contributed by atoms with E-state index in [9.17, 15) is 24.3 Å². The van der Waals surface area contributed by atoms with Crippen LogP contribution in [0.2, 0.25) is 0 Å². The van der Waals surface area contributed by atoms with Gasteiger partial charge in [0, 0.05) is 43.0 Å². The fourth-order valence-corrected chi connectivity index (χ4v) is 8.62. The Morgan fingerprint density at radius 1 is 0.839 bits per heavy atom. The van der Waals surface area contributed by atoms with Crippen LogP contribution in [-0.2, 0) is 19.1 Å². The summed E-state index contributed by atoms with van der Waals surface area (Å²) in [7, 11) is 2.70. The summed E-state index contributed by atoms with van der Waals surface area (Å²) in [6.07, 6.45) is 5.92. The van der Waals surface area contributed by atoms with Crippen molar-refractivity contribution >= 4 is 35.0 Å². The van der Waals surface area contributed by atoms with Crippen molar-refractivity contribution in [3.05, 3.63) is 72.7 Å². The lowest BCUT2D eigenvalue weighted by Gasteiger charge is -2.34. The highest BCUT2D eigenvalue weighted by Crippen LogP contribution is 2.35. The molecule has 0 bridgehead atoms. The number of carbonyl (C=O) groups is 4. The van der Waals surface area contributed by atoms with Crippen molar-refractivity contribution in [1.29, 1.82) is 0 Å². The highest BCUT2D eigenvalue weighted by atomic mass is 16.5. The largest absolute Gasteiger partial charge is 0.465 e. The Labute approximate surface area is 360 Å². The van der Waals surface area contributed by atoms with Gasteiger partial charge in [0.25, 0.3) is 0 Å². The molecular formula is C45H56N10O7. The monoisotopic (exact) mass is 848 g/mol. The predicted octanol–water partition coefficient (Wildman–Crippen LogP) is 6.97. The van der Waals surface area contributed by atoms with Crippen LogP contribution >= 0.6 is 0 Å². The van der Waals surface area contributed by atoms with Crippen LogP contribution in [0.4, 0.5) is 9.59 Å². The summed E-state index contributed by atoms with van der Waals surface area (Å²) in [4.78, 5) is 82.2. The summed E-state index contributed by atoms with van der Waals surface area (Å²) in [5, 5.41) is 12.3. The molecule has 2 aliphatic rings. The zero-order valence-electron chi connectivity index (χ0n) is 36.5. The Morgan fingerprint density at radius 3 is 2.10 bits per heavy atom. The van der Waals surface area contributed by atoms with Crippen LogP contribution in [0.5, 0.6) is 0 Å². The van der Waals surface area contributed by atoms with Crippen LogP contribution in [-0.4, -0.2) is 125 Å². The number of aromatic amines is 2. The molecule has 4 amide bonds. The van der Waals surface area contributed by atoms with Gasteiger partial charge < -0.3 is 39.7 Å². The van der Waals surface area contributed by atoms with E-state index in [0.29, 0.717) is 42.4 Å². The molecule has 5 aromatic rings. The fraction of sp³-hybridized carbons (Fsp3) is 0.467. The zero-order chi connectivity index (χ0) is 44.5. The van der Waals surface area contributed by atoms with E-state index in [1.54, 1.807) is 29.1 Å². The van der Waals surface area contributed by atoms with Gasteiger partial charge in [-0.15, -0.1) is 0 Å². The number of fused-ring (bicyclic) bond motifs is 1. The van der Waals surface area contributed by atoms with Gasteiger partial charge in [-0.25, -0.2) is 24.5 Å². The third-order valence-electron chi connectivity index (χ3n) is 11.6. The number of carboxylic acid groups (broad SMARTS) is 1. The number of ether oxygens (including phenoxy) is 2. The Balaban J connectivity index is 1.03. The van der Waals surface area contributed by atoms with E-state index >= 15 is 0 Å². The molecule has 328 valence electrons. The number of benzene rings is 2. The van der Waals surface area contributed by atoms with E-state index in [1.165, 1.54) is 14.2 Å². The van der Waals surface area contributed by atoms with Crippen molar-refractivity contribution in [2.75, 3.05) is 27.2 Å². The maximum absolute atomic E-state index is 14.0. The lowest BCUT2D eigenvalue weighted by atomic mass is 10.0. The summed E-state index contributed by atoms with van der Waals surface area (Å²) >= 11 is 0. The van der Waals surface area contributed by atoms with Gasteiger partial charge in [-0.3, -0.25) is 19.5 Å². The molecule has 3 aromatic heterocycles. The van der Waals surface area contributed by atoms with Crippen LogP contribution in [0.25, 0.3) is 44.8 Å². The van der Waals surface area contributed by atoms with E-state index in [0.717, 1.165) is 57.8 Å². The number of methoxy groups -OCH3 is 1. The first-order valence-corrected chi connectivity index (χ1v) is 21.1. The van der Waals surface area contributed by atoms with Crippen LogP contribution in [0.3, 0.4) is 0 Å². The molecule has 2 aliphatic heterocycles. The molecule has 17 nitrogen and oxygen atoms in total. The molecule has 5 atom stereocenters. The number of likely N-dealkylation sites (N-methyl/N-ethyl adjacent to an activating group) is 1. The van der Waals surface area contributed by atoms with Crippen LogP contribution < -0.4 is 5.32 Å². The molecule has 4 N–H and O–H groups in total. The number of rotatable bonds is 12. The van der Waals surface area contributed by atoms with Crippen LogP contribution in [0.1, 0.15) is 91.0 Å². The third-order valence-corrected chi connectivity index (χ3v) is 11.6. The van der Waals surface area contributed by atoms with E-state index in [2.05, 4.69) is 15.3 Å². The molecule has 2 saturated heterocycles. The van der Waals surface area contributed by atoms with Crippen LogP contribution in [0.15, 0.2) is 61.1 Å². The summed E-state index contributed by atoms with van der Waals surface area (Å²) < 4.78 is 10.9. The van der Waals surface area contributed by atoms with Gasteiger partial charge in [0.05, 0.1) is 71.4 Å². The Morgan fingerprint density at radius 2 is 1.47 bits per heavy atom. The van der Waals surface area contributed by atoms with Gasteiger partial charge in [-0.05, 0) is 71.4 Å². The van der Waals surface area contributed by atoms with Crippen molar-refractivity contribution in [3.8, 4) is 33.8 Å². The first-order chi connectivity index (χ1) is 29.5. The normalized spacial score (nSPS) is 18.2. The molecular weight excluding hydrogens is 793 g/mol. The van der Waals surface area contributed by atoms with Crippen molar-refractivity contribution in [3.63, 3.8) is 0 Å². The molecule has 0 unspecified atom stereocenters. The number of alkyl carbamates (subject to hydrolysis) is 1. The number of hydrogen-bond acceptors (Lipinski definition) is 10. The fourth-order valence-electron chi connectivity index (χ4n) is 8.62. The molecule has 2 aromatic carbocycles. The molecule has 0 aliphatic carbocycles. The van der Waals surface area contributed by atoms with Gasteiger partial charge in [-0.1, -0.05) is 44.2 Å². The van der Waals surface area contributed by atoms with Gasteiger partial charge >= 0.3 is 12.2 Å². The standard InChI is InChI=1S/C45H56N10O7/c1-25(2)38(53(7)44(59)60)42(57)55-20-10-12-36(55)40-47-23-33(50-40)28-15-13-27(14-16-28)32-22-46-31-21-29(17-18-30(31)49-32)34-24-48-39(51-34)35-11-9-19-54(35)41(56)37(52-43(58)61-8)26(3)62-45(4,5)6/h13-18,21-26,35-38H,9-12,19-20H2,1-8H3,(H,47,50)(H,48,51)(H,52,58)(H,59,60)/t26-,35+,36+,37-,38+/m1/s1. The highest BCUT2D eigenvalue weighted by molar-refractivity contribution is 5.87. The number of nitrogens with zero attached hydrogens (tertiary/aromatic N) is 7. The van der Waals surface area contributed by atoms with Gasteiger partial charge in [0.1, 0.15) is 23.7 Å². The maximum atomic E-state index is 14.0. The third kappa shape index (κ3) is 9.27. The molecule has 62 heavy (non-hydrogen) atoms. The van der Waals surface area contributed by atoms with E-state index in [4.69, 9.17) is 29.4 Å². The topological polar surface area (TPSA) is 212 Å². The van der Waals surface area contributed by atoms with Crippen molar-refractivity contribution in [2.45, 2.75) is 103 Å². The smallest absolute Gasteiger partial charge is 0.407 e. The van der Waals surface area contributed by atoms with Gasteiger partial charge in [-0.2, -0.15) is 0 Å². The zero-order valence-corrected chi connectivity index (χ0v) is 36.5. The van der Waals surface area contributed by atoms with Gasteiger partial charge in [0.2, 0.25) is 11.8 Å². The van der Waals surface area contributed by atoms with Gasteiger partial charge in [0.15, 0.2) is 0 Å². The SMILES string of the molecule is COC(=O)N[C@@H](C(=O)N1CCC[C@H]1c1ncc(-c2ccc3nc(-c4ccc(-c5c[nH]c([C@@H]6CCCN6C(=O)[C@H](C(C)C)N(C)C(=O)O)n5)cc4)cnc3c2)[nH]1)[C@@H](C)OC(C)(C)C. The summed E-state index contributed by atoms with van der Waals surface area (Å²) in [5.74, 6) is 0.667. The number of imidazole rings is 2. The molecule has 17 heteroatoms. The highest BCUT2D eigenvalue weighted by Gasteiger charge is 2.41. The average molecular weight is 849 g/mol. The average Bonchev–Trinajstić information content (AvgIpc) is 4.08. The second-order valence-electron chi connectivity index (χ2n) is 17.4. The van der Waals surface area contributed by atoms with Crippen molar-refractivity contribution in [2.24, 2.45) is 5.92 Å². The second kappa shape index (κ2) is 17.9. The number of amides is 4. The number of carbonyl (C=O) groups excluding carboxylic acids is 3. The van der Waals surface area contributed by atoms with Crippen LogP contribution in [0, 0.1) is 5.92 Å². The van der Waals surface area contributed by atoms with E-state index in [-0.39, 0.29) is 29.8 Å². The summed E-state index contributed by atoms with van der Waals surface area (Å²) in [6, 6.07) is 11.4. The van der Waals surface area contributed by atoms with Crippen molar-refractivity contribution in [1.82, 2.24) is 49.9 Å². The molecule has 0 spiro atoms. The van der Waals surface area contributed by atoms with E-state index in [1.807, 2.05) is 83.3 Å². The minimum atomic E-state index is -1.13. The van der Waals surface area contributed by atoms with Crippen molar-refractivity contribution < 1.29 is 33.8 Å². The molecule has 7 rings (SSSR count). The number of hydrogen-bond donors (Lipinski definition) is 4. The molecule has 0 radical (unpaired) electrons. The Kier molecular flexibility index (Phi) is 12.6. The summed E-state index contributed by atoms with van der Waals surface area (Å²) in [6.45, 7) is 12.2. The number of likely N-dealkylation sites (tertiary alicyclic amines) is 2. The summed E-state index contributed by atoms with van der Waals surface area (Å²) in [5.41, 5.74) is 5.76. The second-order valence-corrected chi connectivity index (χ2v) is 17.4. The Bertz CT molecular complexity index is 2420. The molecule has 2 fully saturated rings. The minimum Gasteiger partial charge on any atom is -0.465 e. The molecule has 0 saturated carbocycles. The minimum absolute atomic E-state index is 0.185. The lowest BCUT2D eigenvalue weighted by molar-refractivity contribution is -0.142.